The average Bonchev–Trinajstić information content (AvgIpc) is 3.77. The zero-order valence-corrected chi connectivity index (χ0v) is 23.8. The molecule has 0 spiro atoms. The standard InChI is InChI=1S/C33H25N5O3S/c1-4-16-40-26-15-14-22(17-20(26)2)29-23(19-37(35-29)24-10-6-5-7-11-24)18-28-32(39)38-33(42-28)34-31(36-38)30-21(3)25-12-8-9-13-27(25)41-30/h4-15,17-19H,1,16H2,2-3H3. The Morgan fingerprint density at radius 3 is 2.60 bits per heavy atom. The first-order chi connectivity index (χ1) is 20.5. The molecule has 0 N–H and O–H groups in total. The van der Waals surface area contributed by atoms with Gasteiger partial charge in [-0.1, -0.05) is 60.4 Å². The van der Waals surface area contributed by atoms with E-state index in [9.17, 15) is 4.79 Å². The van der Waals surface area contributed by atoms with Crippen LogP contribution in [0.4, 0.5) is 0 Å². The Morgan fingerprint density at radius 1 is 1.02 bits per heavy atom. The molecule has 0 aliphatic carbocycles. The Hall–Kier alpha value is -5.28. The second kappa shape index (κ2) is 10.3. The molecule has 7 rings (SSSR count). The van der Waals surface area contributed by atoms with Gasteiger partial charge in [-0.05, 0) is 61.9 Å². The van der Waals surface area contributed by atoms with Crippen LogP contribution in [0.25, 0.3) is 50.5 Å². The summed E-state index contributed by atoms with van der Waals surface area (Å²) in [7, 11) is 0. The molecule has 206 valence electrons. The summed E-state index contributed by atoms with van der Waals surface area (Å²) >= 11 is 1.28. The maximum atomic E-state index is 13.5. The highest BCUT2D eigenvalue weighted by Crippen LogP contribution is 2.32. The first kappa shape index (κ1) is 25.7. The van der Waals surface area contributed by atoms with Crippen LogP contribution in [0.15, 0.2) is 101 Å². The molecule has 7 aromatic rings. The molecule has 9 heteroatoms. The van der Waals surface area contributed by atoms with Crippen LogP contribution in [0.5, 0.6) is 5.75 Å². The van der Waals surface area contributed by atoms with Gasteiger partial charge in [-0.3, -0.25) is 4.79 Å². The second-order valence-corrected chi connectivity index (χ2v) is 10.9. The van der Waals surface area contributed by atoms with E-state index in [2.05, 4.69) is 16.7 Å². The monoisotopic (exact) mass is 571 g/mol. The molecular formula is C33H25N5O3S. The lowest BCUT2D eigenvalue weighted by Crippen LogP contribution is -2.23. The van der Waals surface area contributed by atoms with Crippen molar-refractivity contribution in [3.8, 4) is 34.3 Å². The van der Waals surface area contributed by atoms with Crippen LogP contribution >= 0.6 is 11.3 Å². The van der Waals surface area contributed by atoms with Crippen molar-refractivity contribution in [3.63, 3.8) is 0 Å². The van der Waals surface area contributed by atoms with Gasteiger partial charge in [0.15, 0.2) is 5.76 Å². The van der Waals surface area contributed by atoms with Gasteiger partial charge in [0.05, 0.1) is 10.2 Å². The van der Waals surface area contributed by atoms with Gasteiger partial charge in [0.25, 0.3) is 5.56 Å². The highest BCUT2D eigenvalue weighted by Gasteiger charge is 2.20. The van der Waals surface area contributed by atoms with E-state index in [0.717, 1.165) is 50.4 Å². The quantitative estimate of drug-likeness (QED) is 0.214. The Bertz CT molecular complexity index is 2220. The Labute approximate surface area is 244 Å². The first-order valence-electron chi connectivity index (χ1n) is 13.4. The highest BCUT2D eigenvalue weighted by molar-refractivity contribution is 7.15. The maximum Gasteiger partial charge on any atom is 0.291 e. The van der Waals surface area contributed by atoms with Crippen molar-refractivity contribution >= 4 is 33.3 Å². The van der Waals surface area contributed by atoms with E-state index >= 15 is 0 Å². The molecule has 4 heterocycles. The molecule has 0 amide bonds. The number of hydrogen-bond acceptors (Lipinski definition) is 7. The third-order valence-corrected chi connectivity index (χ3v) is 8.04. The molecule has 0 atom stereocenters. The second-order valence-electron chi connectivity index (χ2n) is 9.89. The largest absolute Gasteiger partial charge is 0.489 e. The summed E-state index contributed by atoms with van der Waals surface area (Å²) in [5, 5.41) is 10.4. The zero-order chi connectivity index (χ0) is 28.8. The summed E-state index contributed by atoms with van der Waals surface area (Å²) in [5.74, 6) is 1.75. The van der Waals surface area contributed by atoms with Crippen molar-refractivity contribution in [2.24, 2.45) is 0 Å². The van der Waals surface area contributed by atoms with Gasteiger partial charge >= 0.3 is 0 Å². The van der Waals surface area contributed by atoms with Crippen LogP contribution in [0.1, 0.15) is 16.7 Å². The minimum atomic E-state index is -0.245. The summed E-state index contributed by atoms with van der Waals surface area (Å²) < 4.78 is 15.5. The minimum absolute atomic E-state index is 0.245. The Morgan fingerprint density at radius 2 is 1.83 bits per heavy atom. The van der Waals surface area contributed by atoms with Crippen molar-refractivity contribution in [3.05, 3.63) is 123 Å². The molecule has 0 unspecified atom stereocenters. The van der Waals surface area contributed by atoms with E-state index in [4.69, 9.17) is 14.3 Å². The number of fused-ring (bicyclic) bond motifs is 2. The fraction of sp³-hybridized carbons (Fsp3) is 0.0909. The first-order valence-corrected chi connectivity index (χ1v) is 14.2. The van der Waals surface area contributed by atoms with E-state index in [1.54, 1.807) is 6.08 Å². The van der Waals surface area contributed by atoms with Gasteiger partial charge in [0.2, 0.25) is 10.8 Å². The number of nitrogens with zero attached hydrogens (tertiary/aromatic N) is 5. The predicted molar refractivity (Wildman–Crippen MR) is 165 cm³/mol. The van der Waals surface area contributed by atoms with Crippen LogP contribution in [-0.4, -0.2) is 31.0 Å². The Balaban J connectivity index is 1.33. The number of thiazole rings is 1. The van der Waals surface area contributed by atoms with Crippen molar-refractivity contribution in [1.29, 1.82) is 0 Å². The van der Waals surface area contributed by atoms with Crippen LogP contribution in [0.3, 0.4) is 0 Å². The van der Waals surface area contributed by atoms with E-state index < -0.39 is 0 Å². The fourth-order valence-corrected chi connectivity index (χ4v) is 5.90. The minimum Gasteiger partial charge on any atom is -0.489 e. The molecule has 0 aliphatic rings. The van der Waals surface area contributed by atoms with Gasteiger partial charge in [0.1, 0.15) is 23.6 Å². The molecule has 0 saturated heterocycles. The molecule has 0 aliphatic heterocycles. The third kappa shape index (κ3) is 4.40. The van der Waals surface area contributed by atoms with E-state index in [1.807, 2.05) is 104 Å². The number of aromatic nitrogens is 5. The maximum absolute atomic E-state index is 13.5. The summed E-state index contributed by atoms with van der Waals surface area (Å²) in [4.78, 5) is 18.7. The van der Waals surface area contributed by atoms with Crippen LogP contribution < -0.4 is 14.8 Å². The van der Waals surface area contributed by atoms with Gasteiger partial charge in [-0.15, -0.1) is 5.10 Å². The topological polar surface area (TPSA) is 87.4 Å². The van der Waals surface area contributed by atoms with Crippen molar-refractivity contribution in [2.45, 2.75) is 13.8 Å². The summed E-state index contributed by atoms with van der Waals surface area (Å²) in [6, 6.07) is 23.6. The molecule has 0 fully saturated rings. The smallest absolute Gasteiger partial charge is 0.291 e. The number of furan rings is 1. The molecule has 0 bridgehead atoms. The lowest BCUT2D eigenvalue weighted by atomic mass is 10.0. The molecule has 3 aromatic carbocycles. The molecule has 0 saturated carbocycles. The molecular weight excluding hydrogens is 546 g/mol. The number of rotatable bonds is 7. The number of aryl methyl sites for hydroxylation is 2. The van der Waals surface area contributed by atoms with Crippen LogP contribution in [0.2, 0.25) is 0 Å². The van der Waals surface area contributed by atoms with Gasteiger partial charge < -0.3 is 9.15 Å². The fourth-order valence-electron chi connectivity index (χ4n) is 5.00. The van der Waals surface area contributed by atoms with Gasteiger partial charge in [-0.2, -0.15) is 14.6 Å². The molecule has 42 heavy (non-hydrogen) atoms. The molecule has 8 nitrogen and oxygen atoms in total. The Kier molecular flexibility index (Phi) is 6.28. The lowest BCUT2D eigenvalue weighted by Gasteiger charge is -2.08. The predicted octanol–water partition coefficient (Wildman–Crippen LogP) is 6.15. The molecule has 0 radical (unpaired) electrons. The van der Waals surface area contributed by atoms with E-state index in [-0.39, 0.29) is 5.56 Å². The third-order valence-electron chi connectivity index (χ3n) is 7.08. The average molecular weight is 572 g/mol. The zero-order valence-electron chi connectivity index (χ0n) is 22.9. The molecule has 4 aromatic heterocycles. The number of hydrogen-bond donors (Lipinski definition) is 0. The van der Waals surface area contributed by atoms with Crippen molar-refractivity contribution in [2.75, 3.05) is 6.61 Å². The van der Waals surface area contributed by atoms with Crippen molar-refractivity contribution < 1.29 is 9.15 Å². The number of ether oxygens (including phenoxy) is 1. The normalized spacial score (nSPS) is 12.0. The summed E-state index contributed by atoms with van der Waals surface area (Å²) in [6.07, 6.45) is 5.51. The SMILES string of the molecule is C=CCOc1ccc(-c2nn(-c3ccccc3)cc2C=c2sc3nc(-c4oc5ccccc5c4C)nn3c2=O)cc1C. The number of para-hydroxylation sites is 2. The summed E-state index contributed by atoms with van der Waals surface area (Å²) in [5.41, 5.74) is 5.81. The van der Waals surface area contributed by atoms with E-state index in [0.29, 0.717) is 27.7 Å². The highest BCUT2D eigenvalue weighted by atomic mass is 32.1. The van der Waals surface area contributed by atoms with Crippen molar-refractivity contribution in [1.82, 2.24) is 24.4 Å². The van der Waals surface area contributed by atoms with E-state index in [1.165, 1.54) is 15.9 Å². The van der Waals surface area contributed by atoms with Gasteiger partial charge in [-0.25, -0.2) is 4.68 Å². The van der Waals surface area contributed by atoms with Crippen LogP contribution in [0, 0.1) is 13.8 Å². The van der Waals surface area contributed by atoms with Crippen LogP contribution in [-0.2, 0) is 0 Å². The number of benzene rings is 3. The lowest BCUT2D eigenvalue weighted by molar-refractivity contribution is 0.361. The summed E-state index contributed by atoms with van der Waals surface area (Å²) in [6.45, 7) is 8.12. The van der Waals surface area contributed by atoms with Gasteiger partial charge in [0, 0.05) is 28.3 Å².